The summed E-state index contributed by atoms with van der Waals surface area (Å²) in [5, 5.41) is 16.0. The monoisotopic (exact) mass is 468 g/mol. The molecule has 0 saturated heterocycles. The van der Waals surface area contributed by atoms with Crippen molar-refractivity contribution in [3.63, 3.8) is 0 Å². The van der Waals surface area contributed by atoms with Gasteiger partial charge >= 0.3 is 0 Å². The molecular formula is C20H28Cl3FN2O3. The summed E-state index contributed by atoms with van der Waals surface area (Å²) in [6, 6.07) is 10.1. The number of hydrogen-bond acceptors (Lipinski definition) is 5. The van der Waals surface area contributed by atoms with Gasteiger partial charge in [-0.3, -0.25) is 0 Å². The molecule has 0 aliphatic heterocycles. The second-order valence-electron chi connectivity index (χ2n) is 6.22. The first kappa shape index (κ1) is 27.7. The number of aliphatic hydroxyl groups is 1. The number of rotatable bonds is 11. The van der Waals surface area contributed by atoms with Crippen LogP contribution < -0.4 is 20.1 Å². The molecule has 1 atom stereocenters. The fourth-order valence-corrected chi connectivity index (χ4v) is 2.79. The Kier molecular flexibility index (Phi) is 14.0. The maximum Gasteiger partial charge on any atom is 0.180 e. The molecule has 0 fully saturated rings. The van der Waals surface area contributed by atoms with Gasteiger partial charge in [-0.05, 0) is 30.7 Å². The number of nitrogens with one attached hydrogen (secondary N) is 2. The molecule has 0 saturated carbocycles. The third kappa shape index (κ3) is 9.38. The van der Waals surface area contributed by atoms with E-state index in [0.29, 0.717) is 35.2 Å². The molecule has 0 aliphatic rings. The SMILES string of the molecule is COc1cc(CNCCNCC(C)O)cc(Cl)c1OCc1ccccc1F.Cl.Cl. The van der Waals surface area contributed by atoms with Crippen LogP contribution in [0.2, 0.25) is 5.02 Å². The van der Waals surface area contributed by atoms with E-state index in [1.54, 1.807) is 38.3 Å². The summed E-state index contributed by atoms with van der Waals surface area (Å²) in [4.78, 5) is 0. The van der Waals surface area contributed by atoms with Gasteiger partial charge in [-0.15, -0.1) is 24.8 Å². The highest BCUT2D eigenvalue weighted by Crippen LogP contribution is 2.37. The van der Waals surface area contributed by atoms with Crippen molar-refractivity contribution in [3.8, 4) is 11.5 Å². The van der Waals surface area contributed by atoms with Gasteiger partial charge in [-0.1, -0.05) is 29.8 Å². The van der Waals surface area contributed by atoms with Gasteiger partial charge in [0, 0.05) is 31.7 Å². The number of halogens is 4. The lowest BCUT2D eigenvalue weighted by atomic mass is 10.2. The number of ether oxygens (including phenoxy) is 2. The topological polar surface area (TPSA) is 62.8 Å². The van der Waals surface area contributed by atoms with Crippen LogP contribution in [0.25, 0.3) is 0 Å². The van der Waals surface area contributed by atoms with Crippen molar-refractivity contribution < 1.29 is 19.0 Å². The van der Waals surface area contributed by atoms with Crippen molar-refractivity contribution >= 4 is 36.4 Å². The van der Waals surface area contributed by atoms with Crippen LogP contribution in [0.15, 0.2) is 36.4 Å². The second-order valence-corrected chi connectivity index (χ2v) is 6.63. The second kappa shape index (κ2) is 14.7. The van der Waals surface area contributed by atoms with Gasteiger partial charge in [-0.25, -0.2) is 4.39 Å². The van der Waals surface area contributed by atoms with Gasteiger partial charge in [0.25, 0.3) is 0 Å². The molecule has 0 aliphatic carbocycles. The summed E-state index contributed by atoms with van der Waals surface area (Å²) in [6.07, 6.45) is -0.357. The zero-order valence-corrected chi connectivity index (χ0v) is 18.8. The number of hydrogen-bond donors (Lipinski definition) is 3. The summed E-state index contributed by atoms with van der Waals surface area (Å²) in [7, 11) is 1.54. The highest BCUT2D eigenvalue weighted by atomic mass is 35.5. The molecule has 2 rings (SSSR count). The van der Waals surface area contributed by atoms with Gasteiger partial charge in [-0.2, -0.15) is 0 Å². The first-order valence-electron chi connectivity index (χ1n) is 8.83. The maximum absolute atomic E-state index is 13.7. The molecule has 9 heteroatoms. The molecule has 1 unspecified atom stereocenters. The summed E-state index contributed by atoms with van der Waals surface area (Å²) < 4.78 is 24.8. The van der Waals surface area contributed by atoms with Crippen molar-refractivity contribution in [2.45, 2.75) is 26.2 Å². The Morgan fingerprint density at radius 2 is 1.83 bits per heavy atom. The minimum atomic E-state index is -0.357. The van der Waals surface area contributed by atoms with Gasteiger partial charge in [0.15, 0.2) is 11.5 Å². The standard InChI is InChI=1S/C20H26ClFN2O3.2ClH/c1-14(25)11-23-7-8-24-12-15-9-17(21)20(19(10-15)26-2)27-13-16-5-3-4-6-18(16)22;;/h3-6,9-10,14,23-25H,7-8,11-13H2,1-2H3;2*1H. The summed E-state index contributed by atoms with van der Waals surface area (Å²) >= 11 is 6.35. The summed E-state index contributed by atoms with van der Waals surface area (Å²) in [6.45, 7) is 4.48. The molecule has 3 N–H and O–H groups in total. The molecule has 2 aromatic rings. The molecule has 164 valence electrons. The third-order valence-electron chi connectivity index (χ3n) is 3.87. The lowest BCUT2D eigenvalue weighted by molar-refractivity contribution is 0.191. The number of benzene rings is 2. The van der Waals surface area contributed by atoms with Crippen LogP contribution >= 0.6 is 36.4 Å². The van der Waals surface area contributed by atoms with E-state index in [2.05, 4.69) is 10.6 Å². The van der Waals surface area contributed by atoms with Crippen LogP contribution in [0.5, 0.6) is 11.5 Å². The highest BCUT2D eigenvalue weighted by Gasteiger charge is 2.13. The van der Waals surface area contributed by atoms with Crippen molar-refractivity contribution in [2.75, 3.05) is 26.7 Å². The van der Waals surface area contributed by atoms with Crippen LogP contribution in [0, 0.1) is 5.82 Å². The molecule has 0 bridgehead atoms. The zero-order valence-electron chi connectivity index (χ0n) is 16.4. The Hall–Kier alpha value is -1.28. The average molecular weight is 470 g/mol. The molecule has 0 heterocycles. The quantitative estimate of drug-likeness (QED) is 0.435. The van der Waals surface area contributed by atoms with Crippen LogP contribution in [0.3, 0.4) is 0 Å². The Morgan fingerprint density at radius 3 is 2.48 bits per heavy atom. The first-order valence-corrected chi connectivity index (χ1v) is 9.21. The Bertz CT molecular complexity index is 736. The molecule has 5 nitrogen and oxygen atoms in total. The minimum Gasteiger partial charge on any atom is -0.493 e. The maximum atomic E-state index is 13.7. The fraction of sp³-hybridized carbons (Fsp3) is 0.400. The van der Waals surface area contributed by atoms with E-state index >= 15 is 0 Å². The predicted molar refractivity (Wildman–Crippen MR) is 119 cm³/mol. The van der Waals surface area contributed by atoms with E-state index in [-0.39, 0.29) is 43.3 Å². The molecule has 2 aromatic carbocycles. The average Bonchev–Trinajstić information content (AvgIpc) is 2.64. The van der Waals surface area contributed by atoms with Crippen molar-refractivity contribution in [2.24, 2.45) is 0 Å². The minimum absolute atomic E-state index is 0. The van der Waals surface area contributed by atoms with E-state index in [1.165, 1.54) is 6.07 Å². The van der Waals surface area contributed by atoms with Crippen molar-refractivity contribution in [1.29, 1.82) is 0 Å². The highest BCUT2D eigenvalue weighted by molar-refractivity contribution is 6.32. The smallest absolute Gasteiger partial charge is 0.180 e. The molecule has 29 heavy (non-hydrogen) atoms. The summed E-state index contributed by atoms with van der Waals surface area (Å²) in [5.41, 5.74) is 1.40. The third-order valence-corrected chi connectivity index (χ3v) is 4.15. The van der Waals surface area contributed by atoms with E-state index in [9.17, 15) is 9.50 Å². The Balaban J connectivity index is 0.00000392. The van der Waals surface area contributed by atoms with E-state index in [0.717, 1.165) is 18.7 Å². The van der Waals surface area contributed by atoms with Crippen molar-refractivity contribution in [1.82, 2.24) is 10.6 Å². The molecule has 0 spiro atoms. The zero-order chi connectivity index (χ0) is 19.6. The number of aliphatic hydroxyl groups excluding tert-OH is 1. The van der Waals surface area contributed by atoms with Gasteiger partial charge in [0.1, 0.15) is 12.4 Å². The van der Waals surface area contributed by atoms with E-state index < -0.39 is 0 Å². The van der Waals surface area contributed by atoms with E-state index in [1.807, 2.05) is 6.07 Å². The van der Waals surface area contributed by atoms with Crippen LogP contribution in [0.1, 0.15) is 18.1 Å². The number of methoxy groups -OCH3 is 1. The Labute approximate surface area is 188 Å². The predicted octanol–water partition coefficient (Wildman–Crippen LogP) is 3.97. The lowest BCUT2D eigenvalue weighted by Gasteiger charge is -2.15. The van der Waals surface area contributed by atoms with Crippen LogP contribution in [0.4, 0.5) is 4.39 Å². The van der Waals surface area contributed by atoms with Crippen molar-refractivity contribution in [3.05, 3.63) is 58.4 Å². The fourth-order valence-electron chi connectivity index (χ4n) is 2.50. The van der Waals surface area contributed by atoms with Gasteiger partial charge in [0.2, 0.25) is 0 Å². The molecule has 0 aromatic heterocycles. The lowest BCUT2D eigenvalue weighted by Crippen LogP contribution is -2.31. The van der Waals surface area contributed by atoms with Crippen LogP contribution in [-0.2, 0) is 13.2 Å². The molecule has 0 radical (unpaired) electrons. The molecule has 0 amide bonds. The van der Waals surface area contributed by atoms with Crippen LogP contribution in [-0.4, -0.2) is 38.0 Å². The summed E-state index contributed by atoms with van der Waals surface area (Å²) in [5.74, 6) is 0.574. The Morgan fingerprint density at radius 1 is 1.14 bits per heavy atom. The van der Waals surface area contributed by atoms with Gasteiger partial charge < -0.3 is 25.2 Å². The first-order chi connectivity index (χ1) is 13.0. The largest absolute Gasteiger partial charge is 0.493 e. The molecular weight excluding hydrogens is 442 g/mol. The van der Waals surface area contributed by atoms with E-state index in [4.69, 9.17) is 21.1 Å². The van der Waals surface area contributed by atoms with Gasteiger partial charge in [0.05, 0.1) is 18.2 Å². The normalized spacial score (nSPS) is 11.2.